The van der Waals surface area contributed by atoms with Gasteiger partial charge in [0, 0.05) is 19.0 Å². The van der Waals surface area contributed by atoms with E-state index in [0.29, 0.717) is 12.1 Å². The number of benzene rings is 1. The molecule has 0 spiro atoms. The summed E-state index contributed by atoms with van der Waals surface area (Å²) in [5.41, 5.74) is 1.24. The Morgan fingerprint density at radius 1 is 1.14 bits per heavy atom. The van der Waals surface area contributed by atoms with Gasteiger partial charge >= 0.3 is 5.97 Å². The first kappa shape index (κ1) is 16.7. The molecule has 3 N–H and O–H groups in total. The zero-order chi connectivity index (χ0) is 16.0. The van der Waals surface area contributed by atoms with Crippen molar-refractivity contribution in [2.45, 2.75) is 33.4 Å². The van der Waals surface area contributed by atoms with E-state index in [1.807, 2.05) is 0 Å². The lowest BCUT2D eigenvalue weighted by atomic mass is 10.0. The molecule has 2 amide bonds. The minimum atomic E-state index is -1.05. The molecule has 1 aromatic rings. The molecule has 0 radical (unpaired) electrons. The van der Waals surface area contributed by atoms with E-state index in [0.717, 1.165) is 5.56 Å². The van der Waals surface area contributed by atoms with Gasteiger partial charge in [0.1, 0.15) is 6.04 Å². The quantitative estimate of drug-likeness (QED) is 0.733. The van der Waals surface area contributed by atoms with Crippen LogP contribution < -0.4 is 10.6 Å². The number of hydrogen-bond acceptors (Lipinski definition) is 3. The fourth-order valence-electron chi connectivity index (χ4n) is 1.74. The summed E-state index contributed by atoms with van der Waals surface area (Å²) in [6, 6.07) is 5.72. The highest BCUT2D eigenvalue weighted by Crippen LogP contribution is 2.07. The number of carbonyl (C=O) groups excluding carboxylic acids is 2. The maximum Gasteiger partial charge on any atom is 0.326 e. The van der Waals surface area contributed by atoms with E-state index >= 15 is 0 Å². The minimum Gasteiger partial charge on any atom is -0.480 e. The fraction of sp³-hybridized carbons (Fsp3) is 0.400. The molecule has 6 heteroatoms. The summed E-state index contributed by atoms with van der Waals surface area (Å²) in [6.45, 7) is 5.28. The number of amides is 2. The normalized spacial score (nSPS) is 11.8. The third-order valence-corrected chi connectivity index (χ3v) is 2.98. The molecule has 0 fully saturated rings. The molecule has 21 heavy (non-hydrogen) atoms. The van der Waals surface area contributed by atoms with Crippen LogP contribution >= 0.6 is 0 Å². The molecular formula is C15H20N2O4. The van der Waals surface area contributed by atoms with Crippen molar-refractivity contribution in [2.75, 3.05) is 0 Å². The van der Waals surface area contributed by atoms with Gasteiger partial charge in [0.15, 0.2) is 0 Å². The van der Waals surface area contributed by atoms with E-state index in [4.69, 9.17) is 5.11 Å². The van der Waals surface area contributed by atoms with Gasteiger partial charge in [-0.15, -0.1) is 0 Å². The van der Waals surface area contributed by atoms with Crippen molar-refractivity contribution in [3.63, 3.8) is 0 Å². The van der Waals surface area contributed by atoms with Crippen molar-refractivity contribution in [1.82, 2.24) is 10.6 Å². The molecule has 0 saturated carbocycles. The molecule has 1 rings (SSSR count). The summed E-state index contributed by atoms with van der Waals surface area (Å²) in [6.07, 6.45) is 0. The van der Waals surface area contributed by atoms with Crippen LogP contribution in [0.1, 0.15) is 36.7 Å². The van der Waals surface area contributed by atoms with Crippen molar-refractivity contribution in [3.8, 4) is 0 Å². The van der Waals surface area contributed by atoms with Crippen LogP contribution in [0.4, 0.5) is 0 Å². The molecule has 0 saturated heterocycles. The van der Waals surface area contributed by atoms with Gasteiger partial charge in [0.25, 0.3) is 5.91 Å². The largest absolute Gasteiger partial charge is 0.480 e. The highest BCUT2D eigenvalue weighted by molar-refractivity contribution is 5.96. The number of rotatable bonds is 6. The van der Waals surface area contributed by atoms with E-state index < -0.39 is 17.9 Å². The molecule has 0 bridgehead atoms. The van der Waals surface area contributed by atoms with Gasteiger partial charge in [-0.1, -0.05) is 26.0 Å². The lowest BCUT2D eigenvalue weighted by molar-refractivity contribution is -0.140. The lowest BCUT2D eigenvalue weighted by Gasteiger charge is -2.17. The number of carbonyl (C=O) groups is 3. The molecule has 0 aromatic heterocycles. The van der Waals surface area contributed by atoms with Crippen molar-refractivity contribution < 1.29 is 19.5 Å². The van der Waals surface area contributed by atoms with Gasteiger partial charge in [-0.05, 0) is 23.6 Å². The predicted octanol–water partition coefficient (Wildman–Crippen LogP) is 1.16. The van der Waals surface area contributed by atoms with Gasteiger partial charge in [0.2, 0.25) is 5.91 Å². The molecule has 0 aliphatic heterocycles. The standard InChI is InChI=1S/C15H20N2O4/c1-9(2)13(15(20)21)17-14(19)12-6-4-11(5-7-12)8-16-10(3)18/h4-7,9,13H,8H2,1-3H3,(H,16,18)(H,17,19)(H,20,21)/t13-/m0/s1. The maximum atomic E-state index is 12.0. The first-order valence-corrected chi connectivity index (χ1v) is 6.68. The van der Waals surface area contributed by atoms with Crippen LogP contribution in [0, 0.1) is 5.92 Å². The molecule has 0 aliphatic carbocycles. The zero-order valence-electron chi connectivity index (χ0n) is 12.3. The second kappa shape index (κ2) is 7.42. The summed E-state index contributed by atoms with van der Waals surface area (Å²) in [5.74, 6) is -1.81. The number of nitrogens with one attached hydrogen (secondary N) is 2. The van der Waals surface area contributed by atoms with Gasteiger partial charge in [-0.25, -0.2) is 4.79 Å². The van der Waals surface area contributed by atoms with E-state index in [1.54, 1.807) is 38.1 Å². The topological polar surface area (TPSA) is 95.5 Å². The molecule has 0 heterocycles. The monoisotopic (exact) mass is 292 g/mol. The van der Waals surface area contributed by atoms with Crippen molar-refractivity contribution in [2.24, 2.45) is 5.92 Å². The summed E-state index contributed by atoms with van der Waals surface area (Å²) >= 11 is 0. The molecule has 114 valence electrons. The van der Waals surface area contributed by atoms with Crippen molar-refractivity contribution in [1.29, 1.82) is 0 Å². The van der Waals surface area contributed by atoms with Gasteiger partial charge in [-0.3, -0.25) is 9.59 Å². The van der Waals surface area contributed by atoms with Gasteiger partial charge in [-0.2, -0.15) is 0 Å². The average Bonchev–Trinajstić information content (AvgIpc) is 2.42. The third-order valence-electron chi connectivity index (χ3n) is 2.98. The van der Waals surface area contributed by atoms with E-state index in [1.165, 1.54) is 6.92 Å². The zero-order valence-corrected chi connectivity index (χ0v) is 12.3. The second-order valence-electron chi connectivity index (χ2n) is 5.14. The van der Waals surface area contributed by atoms with Crippen LogP contribution in [0.3, 0.4) is 0 Å². The SMILES string of the molecule is CC(=O)NCc1ccc(C(=O)N[C@H](C(=O)O)C(C)C)cc1. The molecule has 0 unspecified atom stereocenters. The fourth-order valence-corrected chi connectivity index (χ4v) is 1.74. The molecule has 0 aliphatic rings. The Labute approximate surface area is 123 Å². The van der Waals surface area contributed by atoms with E-state index in [2.05, 4.69) is 10.6 Å². The van der Waals surface area contributed by atoms with Gasteiger partial charge < -0.3 is 15.7 Å². The molecular weight excluding hydrogens is 272 g/mol. The van der Waals surface area contributed by atoms with Crippen LogP contribution in [-0.4, -0.2) is 28.9 Å². The lowest BCUT2D eigenvalue weighted by Crippen LogP contribution is -2.44. The molecule has 6 nitrogen and oxygen atoms in total. The molecule has 1 atom stereocenters. The summed E-state index contributed by atoms with van der Waals surface area (Å²) in [5, 5.41) is 14.2. The maximum absolute atomic E-state index is 12.0. The van der Waals surface area contributed by atoms with Gasteiger partial charge in [0.05, 0.1) is 0 Å². The summed E-state index contributed by atoms with van der Waals surface area (Å²) in [4.78, 5) is 33.9. The van der Waals surface area contributed by atoms with E-state index in [9.17, 15) is 14.4 Å². The highest BCUT2D eigenvalue weighted by atomic mass is 16.4. The van der Waals surface area contributed by atoms with Crippen molar-refractivity contribution in [3.05, 3.63) is 35.4 Å². The third kappa shape index (κ3) is 5.25. The Morgan fingerprint density at radius 3 is 2.14 bits per heavy atom. The Hall–Kier alpha value is -2.37. The van der Waals surface area contributed by atoms with Crippen molar-refractivity contribution >= 4 is 17.8 Å². The second-order valence-corrected chi connectivity index (χ2v) is 5.14. The van der Waals surface area contributed by atoms with Crippen LogP contribution in [0.5, 0.6) is 0 Å². The van der Waals surface area contributed by atoms with Crippen LogP contribution in [0.2, 0.25) is 0 Å². The summed E-state index contributed by atoms with van der Waals surface area (Å²) < 4.78 is 0. The Kier molecular flexibility index (Phi) is 5.90. The number of carboxylic acid groups (broad SMARTS) is 1. The smallest absolute Gasteiger partial charge is 0.326 e. The number of aliphatic carboxylic acids is 1. The average molecular weight is 292 g/mol. The Bertz CT molecular complexity index is 523. The van der Waals surface area contributed by atoms with Crippen LogP contribution in [0.15, 0.2) is 24.3 Å². The van der Waals surface area contributed by atoms with Crippen LogP contribution in [-0.2, 0) is 16.1 Å². The Morgan fingerprint density at radius 2 is 1.71 bits per heavy atom. The highest BCUT2D eigenvalue weighted by Gasteiger charge is 2.23. The summed E-state index contributed by atoms with van der Waals surface area (Å²) in [7, 11) is 0. The number of carboxylic acids is 1. The predicted molar refractivity (Wildman–Crippen MR) is 77.7 cm³/mol. The van der Waals surface area contributed by atoms with Crippen LogP contribution in [0.25, 0.3) is 0 Å². The van der Waals surface area contributed by atoms with E-state index in [-0.39, 0.29) is 11.8 Å². The molecule has 1 aromatic carbocycles. The minimum absolute atomic E-state index is 0.127. The number of hydrogen-bond donors (Lipinski definition) is 3. The Balaban J connectivity index is 2.70. The first-order valence-electron chi connectivity index (χ1n) is 6.68. The first-order chi connectivity index (χ1) is 9.81.